The van der Waals surface area contributed by atoms with Gasteiger partial charge in [-0.05, 0) is 37.5 Å². The van der Waals surface area contributed by atoms with Gasteiger partial charge in [-0.2, -0.15) is 0 Å². The number of Topliss-reactive ketones (excluding diaryl/α,β-unsaturated/α-hetero) is 2. The maximum Gasteiger partial charge on any atom is 0.314 e. The fourth-order valence-corrected chi connectivity index (χ4v) is 3.06. The zero-order valence-corrected chi connectivity index (χ0v) is 14.3. The Morgan fingerprint density at radius 3 is 2.69 bits per heavy atom. The number of hydrogen-bond donors (Lipinski definition) is 1. The molecule has 6 nitrogen and oxygen atoms in total. The van der Waals surface area contributed by atoms with Crippen molar-refractivity contribution >= 4 is 17.6 Å². The van der Waals surface area contributed by atoms with Gasteiger partial charge < -0.3 is 10.6 Å². The molecule has 2 amide bonds. The predicted octanol–water partition coefficient (Wildman–Crippen LogP) is 2.50. The number of carbonyl (C=O) groups excluding carboxylic acids is 3. The summed E-state index contributed by atoms with van der Waals surface area (Å²) in [7, 11) is 0. The summed E-state index contributed by atoms with van der Waals surface area (Å²) in [4.78, 5) is 42.5. The molecule has 0 bridgehead atoms. The number of hydrogen-bond acceptors (Lipinski definition) is 4. The van der Waals surface area contributed by atoms with Crippen molar-refractivity contribution in [3.05, 3.63) is 60.6 Å². The molecule has 2 N–H and O–H groups in total. The van der Waals surface area contributed by atoms with E-state index in [0.717, 1.165) is 17.7 Å². The van der Waals surface area contributed by atoms with Gasteiger partial charge in [0.1, 0.15) is 0 Å². The Kier molecular flexibility index (Phi) is 5.41. The van der Waals surface area contributed by atoms with E-state index < -0.39 is 23.5 Å². The average molecular weight is 350 g/mol. The first-order valence-corrected chi connectivity index (χ1v) is 8.54. The third kappa shape index (κ3) is 3.96. The van der Waals surface area contributed by atoms with Crippen LogP contribution in [0.15, 0.2) is 48.7 Å². The van der Waals surface area contributed by atoms with Gasteiger partial charge in [-0.25, -0.2) is 4.79 Å². The minimum Gasteiger partial charge on any atom is -0.351 e. The van der Waals surface area contributed by atoms with Crippen LogP contribution in [0.25, 0.3) is 11.3 Å². The molecule has 2 aromatic rings. The Bertz CT molecular complexity index is 820. The van der Waals surface area contributed by atoms with E-state index in [1.807, 2.05) is 30.7 Å². The Morgan fingerprint density at radius 1 is 1.12 bits per heavy atom. The fourth-order valence-electron chi connectivity index (χ4n) is 3.06. The maximum absolute atomic E-state index is 12.7. The third-order valence-corrected chi connectivity index (χ3v) is 4.46. The first kappa shape index (κ1) is 17.8. The molecular weight excluding hydrogens is 330 g/mol. The first-order valence-electron chi connectivity index (χ1n) is 8.54. The molecule has 133 valence electrons. The van der Waals surface area contributed by atoms with E-state index in [1.54, 1.807) is 24.4 Å². The minimum atomic E-state index is -0.629. The van der Waals surface area contributed by atoms with E-state index in [0.29, 0.717) is 18.5 Å². The number of nitrogens with zero attached hydrogens (tertiary/aromatic N) is 2. The molecule has 0 saturated carbocycles. The molecular formula is C20H20N3O3. The number of aromatic nitrogens is 1. The van der Waals surface area contributed by atoms with Crippen molar-refractivity contribution in [2.45, 2.75) is 12.8 Å². The molecule has 0 aliphatic carbocycles. The molecule has 1 fully saturated rings. The standard InChI is InChI=1S/C20H20N3O3/c21-20(26)23-11-4-2-6-16(13-23)19(25)18(24)15-8-5-7-14(12-15)17-9-1-3-10-22-17/h1,3,5-10,12,16H,2,4,11,13H2,(H2,21,26). The summed E-state index contributed by atoms with van der Waals surface area (Å²) in [6, 6.07) is 11.8. The third-order valence-electron chi connectivity index (χ3n) is 4.46. The van der Waals surface area contributed by atoms with Crippen molar-refractivity contribution in [1.82, 2.24) is 9.88 Å². The zero-order valence-electron chi connectivity index (χ0n) is 14.3. The summed E-state index contributed by atoms with van der Waals surface area (Å²) in [5.41, 5.74) is 7.16. The fraction of sp³-hybridized carbons (Fsp3) is 0.250. The number of benzene rings is 1. The van der Waals surface area contributed by atoms with Crippen LogP contribution in [0.1, 0.15) is 23.2 Å². The quantitative estimate of drug-likeness (QED) is 0.677. The molecule has 1 aliphatic rings. The Hall–Kier alpha value is -3.02. The second-order valence-electron chi connectivity index (χ2n) is 6.26. The van der Waals surface area contributed by atoms with Crippen LogP contribution in [0, 0.1) is 12.3 Å². The van der Waals surface area contributed by atoms with E-state index in [-0.39, 0.29) is 6.54 Å². The molecule has 0 spiro atoms. The van der Waals surface area contributed by atoms with Gasteiger partial charge >= 0.3 is 6.03 Å². The lowest BCUT2D eigenvalue weighted by Gasteiger charge is -2.21. The van der Waals surface area contributed by atoms with Gasteiger partial charge in [-0.1, -0.05) is 24.3 Å². The number of nitrogens with two attached hydrogens (primary N) is 1. The van der Waals surface area contributed by atoms with Crippen LogP contribution in [-0.4, -0.2) is 40.6 Å². The van der Waals surface area contributed by atoms with E-state index in [4.69, 9.17) is 5.73 Å². The van der Waals surface area contributed by atoms with Gasteiger partial charge in [0.25, 0.3) is 0 Å². The molecule has 1 aromatic carbocycles. The molecule has 1 aromatic heterocycles. The lowest BCUT2D eigenvalue weighted by Crippen LogP contribution is -2.41. The highest BCUT2D eigenvalue weighted by atomic mass is 16.2. The number of amides is 2. The molecule has 26 heavy (non-hydrogen) atoms. The second-order valence-corrected chi connectivity index (χ2v) is 6.26. The lowest BCUT2D eigenvalue weighted by atomic mass is 9.92. The van der Waals surface area contributed by atoms with Crippen LogP contribution in [-0.2, 0) is 4.79 Å². The largest absolute Gasteiger partial charge is 0.351 e. The average Bonchev–Trinajstić information content (AvgIpc) is 2.94. The number of likely N-dealkylation sites (tertiary alicyclic amines) is 1. The number of carbonyl (C=O) groups is 3. The van der Waals surface area contributed by atoms with Crippen LogP contribution < -0.4 is 5.73 Å². The number of primary amides is 1. The first-order chi connectivity index (χ1) is 12.6. The van der Waals surface area contributed by atoms with E-state index in [1.165, 1.54) is 4.90 Å². The van der Waals surface area contributed by atoms with Crippen molar-refractivity contribution in [3.8, 4) is 11.3 Å². The Balaban J connectivity index is 1.80. The molecule has 1 unspecified atom stereocenters. The zero-order chi connectivity index (χ0) is 18.5. The maximum atomic E-state index is 12.7. The van der Waals surface area contributed by atoms with E-state index in [2.05, 4.69) is 4.98 Å². The smallest absolute Gasteiger partial charge is 0.314 e. The van der Waals surface area contributed by atoms with Gasteiger partial charge in [-0.15, -0.1) is 0 Å². The van der Waals surface area contributed by atoms with Crippen LogP contribution in [0.2, 0.25) is 0 Å². The van der Waals surface area contributed by atoms with Crippen LogP contribution in [0.3, 0.4) is 0 Å². The summed E-state index contributed by atoms with van der Waals surface area (Å²) in [6.07, 6.45) is 4.89. The van der Waals surface area contributed by atoms with Crippen LogP contribution in [0.5, 0.6) is 0 Å². The molecule has 6 heteroatoms. The van der Waals surface area contributed by atoms with E-state index in [9.17, 15) is 14.4 Å². The summed E-state index contributed by atoms with van der Waals surface area (Å²) in [6.45, 7) is 0.652. The van der Waals surface area contributed by atoms with Crippen molar-refractivity contribution in [3.63, 3.8) is 0 Å². The SMILES string of the molecule is NC(=O)N1CCC[CH]C(C(=O)C(=O)c2cccc(-c3ccccn3)c2)C1. The van der Waals surface area contributed by atoms with Gasteiger partial charge in [0.05, 0.1) is 5.69 Å². The predicted molar refractivity (Wildman–Crippen MR) is 97.2 cm³/mol. The molecule has 1 saturated heterocycles. The highest BCUT2D eigenvalue weighted by molar-refractivity contribution is 6.44. The van der Waals surface area contributed by atoms with E-state index >= 15 is 0 Å². The number of pyridine rings is 1. The molecule has 3 rings (SSSR count). The van der Waals surface area contributed by atoms with Crippen molar-refractivity contribution in [2.24, 2.45) is 11.7 Å². The highest BCUT2D eigenvalue weighted by Crippen LogP contribution is 2.21. The molecule has 2 heterocycles. The second kappa shape index (κ2) is 7.91. The summed E-state index contributed by atoms with van der Waals surface area (Å²) in [5.74, 6) is -1.71. The van der Waals surface area contributed by atoms with Gasteiger partial charge in [-0.3, -0.25) is 14.6 Å². The molecule has 1 aliphatic heterocycles. The summed E-state index contributed by atoms with van der Waals surface area (Å²) >= 11 is 0. The minimum absolute atomic E-state index is 0.153. The van der Waals surface area contributed by atoms with Gasteiger partial charge in [0.15, 0.2) is 0 Å². The Labute approximate surface area is 152 Å². The lowest BCUT2D eigenvalue weighted by molar-refractivity contribution is -0.118. The normalized spacial score (nSPS) is 17.4. The topological polar surface area (TPSA) is 93.4 Å². The molecule has 1 radical (unpaired) electrons. The molecule has 1 atom stereocenters. The van der Waals surface area contributed by atoms with Crippen molar-refractivity contribution < 1.29 is 14.4 Å². The highest BCUT2D eigenvalue weighted by Gasteiger charge is 2.30. The van der Waals surface area contributed by atoms with Crippen molar-refractivity contribution in [2.75, 3.05) is 13.1 Å². The summed E-state index contributed by atoms with van der Waals surface area (Å²) < 4.78 is 0. The monoisotopic (exact) mass is 350 g/mol. The Morgan fingerprint density at radius 2 is 1.96 bits per heavy atom. The van der Waals surface area contributed by atoms with Gasteiger partial charge in [0, 0.05) is 36.3 Å². The number of ketones is 2. The van der Waals surface area contributed by atoms with Crippen molar-refractivity contribution in [1.29, 1.82) is 0 Å². The number of rotatable bonds is 4. The number of urea groups is 1. The van der Waals surface area contributed by atoms with Gasteiger partial charge in [0.2, 0.25) is 11.6 Å². The summed E-state index contributed by atoms with van der Waals surface area (Å²) in [5, 5.41) is 0. The van der Waals surface area contributed by atoms with Crippen LogP contribution in [0.4, 0.5) is 4.79 Å². The van der Waals surface area contributed by atoms with Crippen LogP contribution >= 0.6 is 0 Å².